The van der Waals surface area contributed by atoms with Gasteiger partial charge < -0.3 is 10.1 Å². The first-order chi connectivity index (χ1) is 11.9. The van der Waals surface area contributed by atoms with Gasteiger partial charge in [-0.05, 0) is 48.9 Å². The highest BCUT2D eigenvalue weighted by Gasteiger charge is 2.40. The smallest absolute Gasteiger partial charge is 0.168 e. The molecule has 140 valence electrons. The number of ether oxygens (including phenoxy) is 1. The van der Waals surface area contributed by atoms with E-state index < -0.39 is 5.41 Å². The molecule has 26 heavy (non-hydrogen) atoms. The zero-order valence-corrected chi connectivity index (χ0v) is 16.9. The third-order valence-corrected chi connectivity index (χ3v) is 5.12. The van der Waals surface area contributed by atoms with Crippen molar-refractivity contribution in [3.63, 3.8) is 0 Å². The van der Waals surface area contributed by atoms with E-state index in [1.54, 1.807) is 0 Å². The summed E-state index contributed by atoms with van der Waals surface area (Å²) in [6.07, 6.45) is 0.792. The lowest BCUT2D eigenvalue weighted by Gasteiger charge is -2.36. The molecule has 1 atom stereocenters. The first-order valence-electron chi connectivity index (χ1n) is 8.64. The van der Waals surface area contributed by atoms with Gasteiger partial charge in [0.05, 0.1) is 0 Å². The molecule has 0 aromatic heterocycles. The van der Waals surface area contributed by atoms with Gasteiger partial charge in [0.25, 0.3) is 0 Å². The van der Waals surface area contributed by atoms with Crippen LogP contribution in [0.3, 0.4) is 0 Å². The van der Waals surface area contributed by atoms with Gasteiger partial charge in [-0.2, -0.15) is 0 Å². The van der Waals surface area contributed by atoms with Crippen molar-refractivity contribution >= 4 is 29.8 Å². The number of fused-ring (bicyclic) bond motifs is 1. The topological polar surface area (TPSA) is 38.3 Å². The number of carbonyl (C=O) groups excluding carboxylic acids is 1. The van der Waals surface area contributed by atoms with Crippen LogP contribution >= 0.6 is 24.0 Å². The number of nitrogens with one attached hydrogen (secondary N) is 1. The second kappa shape index (κ2) is 8.43. The molecule has 1 unspecified atom stereocenters. The standard InChI is InChI=1S/C21H24ClNO2.ClH/c1-21(2)13-19(14-4-6-15(22)7-5-14)17-9-8-16(25-11-10-23-3)12-18(17)20(21)24;/h4-9,12,19,23H,10-11,13H2,1-3H3;1H. The molecule has 5 heteroatoms. The molecular formula is C21H25Cl2NO2. The Bertz CT molecular complexity index is 772. The maximum atomic E-state index is 13.0. The van der Waals surface area contributed by atoms with Crippen LogP contribution in [0.25, 0.3) is 0 Å². The molecule has 2 aromatic rings. The molecule has 0 radical (unpaired) electrons. The van der Waals surface area contributed by atoms with Crippen LogP contribution in [0.15, 0.2) is 42.5 Å². The van der Waals surface area contributed by atoms with E-state index in [9.17, 15) is 4.79 Å². The van der Waals surface area contributed by atoms with E-state index >= 15 is 0 Å². The van der Waals surface area contributed by atoms with Gasteiger partial charge in [0, 0.05) is 28.5 Å². The van der Waals surface area contributed by atoms with Gasteiger partial charge in [-0.15, -0.1) is 12.4 Å². The summed E-state index contributed by atoms with van der Waals surface area (Å²) in [4.78, 5) is 13.0. The van der Waals surface area contributed by atoms with Crippen LogP contribution < -0.4 is 10.1 Å². The monoisotopic (exact) mass is 393 g/mol. The summed E-state index contributed by atoms with van der Waals surface area (Å²) in [7, 11) is 1.89. The van der Waals surface area contributed by atoms with E-state index in [1.165, 1.54) is 5.56 Å². The molecule has 0 bridgehead atoms. The van der Waals surface area contributed by atoms with Crippen LogP contribution in [-0.4, -0.2) is 26.0 Å². The van der Waals surface area contributed by atoms with Crippen molar-refractivity contribution in [1.29, 1.82) is 0 Å². The van der Waals surface area contributed by atoms with Crippen molar-refractivity contribution in [3.8, 4) is 5.75 Å². The molecule has 0 heterocycles. The highest BCUT2D eigenvalue weighted by molar-refractivity contribution is 6.30. The third-order valence-electron chi connectivity index (χ3n) is 4.87. The summed E-state index contributed by atoms with van der Waals surface area (Å²) in [5, 5.41) is 3.78. The number of hydrogen-bond acceptors (Lipinski definition) is 3. The second-order valence-electron chi connectivity index (χ2n) is 7.22. The summed E-state index contributed by atoms with van der Waals surface area (Å²) in [5.74, 6) is 1.12. The van der Waals surface area contributed by atoms with E-state index in [0.29, 0.717) is 6.61 Å². The number of ketones is 1. The summed E-state index contributed by atoms with van der Waals surface area (Å²) >= 11 is 6.04. The lowest BCUT2D eigenvalue weighted by Crippen LogP contribution is -2.33. The highest BCUT2D eigenvalue weighted by atomic mass is 35.5. The van der Waals surface area contributed by atoms with Crippen LogP contribution in [0.1, 0.15) is 47.7 Å². The van der Waals surface area contributed by atoms with Gasteiger partial charge in [-0.1, -0.05) is 43.6 Å². The zero-order valence-electron chi connectivity index (χ0n) is 15.3. The molecule has 1 N–H and O–H groups in total. The third kappa shape index (κ3) is 4.22. The average molecular weight is 394 g/mol. The zero-order chi connectivity index (χ0) is 18.0. The fraction of sp³-hybridized carbons (Fsp3) is 0.381. The Morgan fingerprint density at radius 1 is 1.19 bits per heavy atom. The van der Waals surface area contributed by atoms with Crippen LogP contribution in [0, 0.1) is 5.41 Å². The molecule has 1 aliphatic carbocycles. The van der Waals surface area contributed by atoms with Gasteiger partial charge in [0.15, 0.2) is 5.78 Å². The van der Waals surface area contributed by atoms with Gasteiger partial charge in [0.2, 0.25) is 0 Å². The molecule has 0 amide bonds. The van der Waals surface area contributed by atoms with Crippen LogP contribution in [0.4, 0.5) is 0 Å². The normalized spacial score (nSPS) is 18.0. The quantitative estimate of drug-likeness (QED) is 0.717. The van der Waals surface area contributed by atoms with Gasteiger partial charge in [-0.25, -0.2) is 0 Å². The summed E-state index contributed by atoms with van der Waals surface area (Å²) in [6.45, 7) is 5.39. The molecule has 3 rings (SSSR count). The number of benzene rings is 2. The number of Topliss-reactive ketones (excluding diaryl/α,β-unsaturated/α-hetero) is 1. The molecule has 0 saturated heterocycles. The molecular weight excluding hydrogens is 369 g/mol. The Balaban J connectivity index is 0.00000243. The Morgan fingerprint density at radius 3 is 2.54 bits per heavy atom. The minimum absolute atomic E-state index is 0. The Morgan fingerprint density at radius 2 is 1.88 bits per heavy atom. The van der Waals surface area contributed by atoms with E-state index in [0.717, 1.165) is 34.9 Å². The van der Waals surface area contributed by atoms with E-state index in [2.05, 4.69) is 17.4 Å². The fourth-order valence-electron chi connectivity index (χ4n) is 3.47. The van der Waals surface area contributed by atoms with Crippen molar-refractivity contribution in [2.24, 2.45) is 5.41 Å². The minimum Gasteiger partial charge on any atom is -0.492 e. The van der Waals surface area contributed by atoms with Crippen LogP contribution in [-0.2, 0) is 0 Å². The molecule has 3 nitrogen and oxygen atoms in total. The number of halogens is 2. The van der Waals surface area contributed by atoms with Crippen molar-refractivity contribution in [1.82, 2.24) is 5.32 Å². The van der Waals surface area contributed by atoms with Crippen LogP contribution in [0.2, 0.25) is 5.02 Å². The Labute approximate surface area is 166 Å². The summed E-state index contributed by atoms with van der Waals surface area (Å²) < 4.78 is 5.75. The fourth-order valence-corrected chi connectivity index (χ4v) is 3.59. The predicted octanol–water partition coefficient (Wildman–Crippen LogP) is 5.10. The van der Waals surface area contributed by atoms with Gasteiger partial charge >= 0.3 is 0 Å². The number of likely N-dealkylation sites (N-methyl/N-ethyl adjacent to an activating group) is 1. The van der Waals surface area contributed by atoms with E-state index in [4.69, 9.17) is 16.3 Å². The largest absolute Gasteiger partial charge is 0.492 e. The highest BCUT2D eigenvalue weighted by Crippen LogP contribution is 2.46. The maximum Gasteiger partial charge on any atom is 0.168 e. The van der Waals surface area contributed by atoms with Gasteiger partial charge in [-0.3, -0.25) is 4.79 Å². The molecule has 0 saturated carbocycles. The molecule has 2 aromatic carbocycles. The molecule has 0 spiro atoms. The number of hydrogen-bond donors (Lipinski definition) is 1. The Kier molecular flexibility index (Phi) is 6.73. The maximum absolute atomic E-state index is 13.0. The lowest BCUT2D eigenvalue weighted by molar-refractivity contribution is 0.0801. The van der Waals surface area contributed by atoms with E-state index in [1.807, 2.05) is 51.2 Å². The van der Waals surface area contributed by atoms with Crippen molar-refractivity contribution < 1.29 is 9.53 Å². The van der Waals surface area contributed by atoms with E-state index in [-0.39, 0.29) is 24.1 Å². The Hall–Kier alpha value is -1.55. The molecule has 0 aliphatic heterocycles. The average Bonchev–Trinajstić information content (AvgIpc) is 2.59. The predicted molar refractivity (Wildman–Crippen MR) is 109 cm³/mol. The van der Waals surface area contributed by atoms with Crippen molar-refractivity contribution in [2.45, 2.75) is 26.2 Å². The molecule has 1 aliphatic rings. The minimum atomic E-state index is -0.402. The second-order valence-corrected chi connectivity index (χ2v) is 7.66. The summed E-state index contributed by atoms with van der Waals surface area (Å²) in [6, 6.07) is 13.8. The number of carbonyl (C=O) groups is 1. The number of rotatable bonds is 5. The first kappa shape index (κ1) is 20.8. The van der Waals surface area contributed by atoms with Crippen molar-refractivity contribution in [3.05, 3.63) is 64.2 Å². The summed E-state index contributed by atoms with van der Waals surface area (Å²) in [5.41, 5.74) is 2.64. The molecule has 0 fully saturated rings. The van der Waals surface area contributed by atoms with Crippen LogP contribution in [0.5, 0.6) is 5.75 Å². The van der Waals surface area contributed by atoms with Crippen molar-refractivity contribution in [2.75, 3.05) is 20.2 Å². The first-order valence-corrected chi connectivity index (χ1v) is 9.02. The SMILES string of the molecule is CNCCOc1ccc2c(c1)C(=O)C(C)(C)CC2c1ccc(Cl)cc1.Cl. The lowest BCUT2D eigenvalue weighted by atomic mass is 9.66. The van der Waals surface area contributed by atoms with Gasteiger partial charge in [0.1, 0.15) is 12.4 Å².